The first-order chi connectivity index (χ1) is 8.63. The molecule has 0 aromatic heterocycles. The molecule has 0 amide bonds. The van der Waals surface area contributed by atoms with Crippen molar-refractivity contribution in [1.29, 1.82) is 0 Å². The first-order valence-electron chi connectivity index (χ1n) is 5.86. The van der Waals surface area contributed by atoms with Crippen LogP contribution < -0.4 is 0 Å². The van der Waals surface area contributed by atoms with Crippen molar-refractivity contribution in [2.24, 2.45) is 0 Å². The van der Waals surface area contributed by atoms with Gasteiger partial charge in [-0.1, -0.05) is 12.1 Å². The van der Waals surface area contributed by atoms with Gasteiger partial charge in [-0.05, 0) is 19.2 Å². The van der Waals surface area contributed by atoms with Crippen LogP contribution in [0.3, 0.4) is 0 Å². The highest BCUT2D eigenvalue weighted by Gasteiger charge is 2.08. The smallest absolute Gasteiger partial charge is 0.136 e. The van der Waals surface area contributed by atoms with Gasteiger partial charge < -0.3 is 14.7 Å². The van der Waals surface area contributed by atoms with Gasteiger partial charge in [0, 0.05) is 30.8 Å². The number of hydrogen-bond acceptors (Lipinski definition) is 4. The summed E-state index contributed by atoms with van der Waals surface area (Å²) in [5, 5.41) is 9.55. The number of aliphatic hydroxyl groups is 1. The summed E-state index contributed by atoms with van der Waals surface area (Å²) >= 11 is 1.49. The van der Waals surface area contributed by atoms with E-state index in [4.69, 9.17) is 4.74 Å². The first kappa shape index (κ1) is 15.4. The minimum absolute atomic E-state index is 0.176. The predicted molar refractivity (Wildman–Crippen MR) is 72.5 cm³/mol. The Morgan fingerprint density at radius 2 is 2.17 bits per heavy atom. The molecule has 0 saturated carbocycles. The maximum atomic E-state index is 13.3. The zero-order valence-corrected chi connectivity index (χ0v) is 11.6. The summed E-state index contributed by atoms with van der Waals surface area (Å²) in [6.07, 6.45) is -0.474. The van der Waals surface area contributed by atoms with Crippen molar-refractivity contribution >= 4 is 11.8 Å². The van der Waals surface area contributed by atoms with Crippen molar-refractivity contribution in [3.63, 3.8) is 0 Å². The predicted octanol–water partition coefficient (Wildman–Crippen LogP) is 1.86. The van der Waals surface area contributed by atoms with Crippen LogP contribution >= 0.6 is 11.8 Å². The number of ether oxygens (including phenoxy) is 1. The van der Waals surface area contributed by atoms with Crippen molar-refractivity contribution in [1.82, 2.24) is 4.90 Å². The summed E-state index contributed by atoms with van der Waals surface area (Å²) in [6, 6.07) is 6.76. The molecule has 1 aromatic rings. The van der Waals surface area contributed by atoms with Crippen LogP contribution in [0, 0.1) is 5.82 Å². The van der Waals surface area contributed by atoms with E-state index in [2.05, 4.69) is 0 Å². The van der Waals surface area contributed by atoms with Crippen molar-refractivity contribution in [3.8, 4) is 0 Å². The summed E-state index contributed by atoms with van der Waals surface area (Å²) in [7, 11) is 3.50. The minimum Gasteiger partial charge on any atom is -0.389 e. The van der Waals surface area contributed by atoms with Gasteiger partial charge in [0.2, 0.25) is 0 Å². The molecule has 0 fully saturated rings. The Kier molecular flexibility index (Phi) is 7.27. The number of thioether (sulfide) groups is 1. The number of rotatable bonds is 8. The number of aliphatic hydroxyl groups excluding tert-OH is 1. The molecule has 0 heterocycles. The number of halogens is 1. The Morgan fingerprint density at radius 1 is 1.44 bits per heavy atom. The van der Waals surface area contributed by atoms with Crippen molar-refractivity contribution < 1.29 is 14.2 Å². The molecule has 0 spiro atoms. The van der Waals surface area contributed by atoms with Crippen LogP contribution in [-0.2, 0) is 4.74 Å². The summed E-state index contributed by atoms with van der Waals surface area (Å²) < 4.78 is 18.2. The number of hydrogen-bond donors (Lipinski definition) is 1. The van der Waals surface area contributed by atoms with Gasteiger partial charge in [0.25, 0.3) is 0 Å². The van der Waals surface area contributed by atoms with Crippen LogP contribution in [0.4, 0.5) is 4.39 Å². The van der Waals surface area contributed by atoms with Crippen LogP contribution in [0.2, 0.25) is 0 Å². The topological polar surface area (TPSA) is 32.7 Å². The van der Waals surface area contributed by atoms with Gasteiger partial charge in [0.05, 0.1) is 12.7 Å². The molecule has 0 aliphatic rings. The Balaban J connectivity index is 2.23. The molecule has 1 atom stereocenters. The van der Waals surface area contributed by atoms with Gasteiger partial charge in [-0.2, -0.15) is 0 Å². The number of benzene rings is 1. The quantitative estimate of drug-likeness (QED) is 0.733. The standard InChI is InChI=1S/C13H20FNO2S/c1-15(9-11(16)10-17-2)7-8-18-13-6-4-3-5-12(13)14/h3-6,11,16H,7-10H2,1-2H3. The molecule has 3 nitrogen and oxygen atoms in total. The Morgan fingerprint density at radius 3 is 2.83 bits per heavy atom. The third-order valence-electron chi connectivity index (χ3n) is 2.45. The van der Waals surface area contributed by atoms with Gasteiger partial charge in [-0.3, -0.25) is 0 Å². The van der Waals surface area contributed by atoms with E-state index in [0.29, 0.717) is 18.0 Å². The van der Waals surface area contributed by atoms with Gasteiger partial charge in [-0.15, -0.1) is 11.8 Å². The summed E-state index contributed by atoms with van der Waals surface area (Å²) in [4.78, 5) is 2.68. The highest BCUT2D eigenvalue weighted by atomic mass is 32.2. The Bertz CT molecular complexity index is 352. The average Bonchev–Trinajstić information content (AvgIpc) is 2.31. The molecule has 1 rings (SSSR count). The van der Waals surface area contributed by atoms with Gasteiger partial charge in [-0.25, -0.2) is 4.39 Å². The van der Waals surface area contributed by atoms with E-state index in [1.165, 1.54) is 17.8 Å². The van der Waals surface area contributed by atoms with Crippen LogP contribution in [0.1, 0.15) is 0 Å². The average molecular weight is 273 g/mol. The number of methoxy groups -OCH3 is 1. The van der Waals surface area contributed by atoms with Crippen LogP contribution in [0.5, 0.6) is 0 Å². The van der Waals surface area contributed by atoms with Crippen molar-refractivity contribution in [2.45, 2.75) is 11.0 Å². The molecule has 5 heteroatoms. The fourth-order valence-corrected chi connectivity index (χ4v) is 2.57. The van der Waals surface area contributed by atoms with E-state index in [1.807, 2.05) is 18.0 Å². The van der Waals surface area contributed by atoms with E-state index in [9.17, 15) is 9.50 Å². The van der Waals surface area contributed by atoms with E-state index in [-0.39, 0.29) is 5.82 Å². The highest BCUT2D eigenvalue weighted by molar-refractivity contribution is 7.99. The molecule has 102 valence electrons. The lowest BCUT2D eigenvalue weighted by molar-refractivity contribution is 0.0445. The van der Waals surface area contributed by atoms with Gasteiger partial charge >= 0.3 is 0 Å². The molecule has 0 aliphatic carbocycles. The molecule has 1 aromatic carbocycles. The monoisotopic (exact) mass is 273 g/mol. The summed E-state index contributed by atoms with van der Waals surface area (Å²) in [6.45, 7) is 1.69. The van der Waals surface area contributed by atoms with E-state index in [0.717, 1.165) is 12.3 Å². The molecular formula is C13H20FNO2S. The van der Waals surface area contributed by atoms with E-state index in [1.54, 1.807) is 19.2 Å². The van der Waals surface area contributed by atoms with Crippen LogP contribution in [0.15, 0.2) is 29.2 Å². The van der Waals surface area contributed by atoms with Crippen LogP contribution in [0.25, 0.3) is 0 Å². The number of nitrogens with zero attached hydrogens (tertiary/aromatic N) is 1. The maximum absolute atomic E-state index is 13.3. The fraction of sp³-hybridized carbons (Fsp3) is 0.538. The largest absolute Gasteiger partial charge is 0.389 e. The first-order valence-corrected chi connectivity index (χ1v) is 6.85. The molecule has 0 saturated heterocycles. The summed E-state index contributed by atoms with van der Waals surface area (Å²) in [5.41, 5.74) is 0. The molecule has 1 N–H and O–H groups in total. The van der Waals surface area contributed by atoms with E-state index < -0.39 is 6.10 Å². The lowest BCUT2D eigenvalue weighted by atomic mass is 10.3. The molecule has 0 aliphatic heterocycles. The molecule has 1 unspecified atom stereocenters. The minimum atomic E-state index is -0.474. The third-order valence-corrected chi connectivity index (χ3v) is 3.48. The van der Waals surface area contributed by atoms with Gasteiger partial charge in [0.1, 0.15) is 5.82 Å². The van der Waals surface area contributed by atoms with Gasteiger partial charge in [0.15, 0.2) is 0 Å². The zero-order valence-electron chi connectivity index (χ0n) is 10.8. The molecule has 0 bridgehead atoms. The Hall–Kier alpha value is -0.620. The number of likely N-dealkylation sites (N-methyl/N-ethyl adjacent to an activating group) is 1. The zero-order chi connectivity index (χ0) is 13.4. The maximum Gasteiger partial charge on any atom is 0.136 e. The third kappa shape index (κ3) is 5.82. The second kappa shape index (κ2) is 8.48. The van der Waals surface area contributed by atoms with Crippen LogP contribution in [-0.4, -0.2) is 55.7 Å². The SMILES string of the molecule is COCC(O)CN(C)CCSc1ccccc1F. The molecule has 0 radical (unpaired) electrons. The molecule has 18 heavy (non-hydrogen) atoms. The normalized spacial score (nSPS) is 12.9. The second-order valence-corrected chi connectivity index (χ2v) is 5.29. The second-order valence-electron chi connectivity index (χ2n) is 4.15. The van der Waals surface area contributed by atoms with Crippen molar-refractivity contribution in [2.75, 3.05) is 39.6 Å². The lowest BCUT2D eigenvalue weighted by Crippen LogP contribution is -2.33. The lowest BCUT2D eigenvalue weighted by Gasteiger charge is -2.19. The highest BCUT2D eigenvalue weighted by Crippen LogP contribution is 2.20. The fourth-order valence-electron chi connectivity index (χ4n) is 1.57. The molecular weight excluding hydrogens is 253 g/mol. The Labute approximate surface area is 112 Å². The summed E-state index contributed by atoms with van der Waals surface area (Å²) in [5.74, 6) is 0.613. The van der Waals surface area contributed by atoms with Crippen molar-refractivity contribution in [3.05, 3.63) is 30.1 Å². The van der Waals surface area contributed by atoms with E-state index >= 15 is 0 Å².